The normalized spacial score (nSPS) is 10.3. The van der Waals surface area contributed by atoms with Gasteiger partial charge in [0.25, 0.3) is 0 Å². The summed E-state index contributed by atoms with van der Waals surface area (Å²) in [4.78, 5) is 15.2. The fourth-order valence-corrected chi connectivity index (χ4v) is 2.33. The van der Waals surface area contributed by atoms with Crippen molar-refractivity contribution in [3.63, 3.8) is 0 Å². The molecule has 0 fully saturated rings. The van der Waals surface area contributed by atoms with Gasteiger partial charge in [-0.2, -0.15) is 0 Å². The van der Waals surface area contributed by atoms with E-state index in [1.807, 2.05) is 25.1 Å². The van der Waals surface area contributed by atoms with E-state index in [2.05, 4.69) is 33.4 Å². The Kier molecular flexibility index (Phi) is 5.62. The lowest BCUT2D eigenvalue weighted by Crippen LogP contribution is -2.34. The summed E-state index contributed by atoms with van der Waals surface area (Å²) in [5, 5.41) is 3.11. The van der Waals surface area contributed by atoms with E-state index in [0.29, 0.717) is 6.54 Å². The largest absolute Gasteiger partial charge is 0.364 e. The molecule has 0 aromatic heterocycles. The average molecular weight is 314 g/mol. The van der Waals surface area contributed by atoms with Crippen LogP contribution in [0.3, 0.4) is 0 Å². The van der Waals surface area contributed by atoms with E-state index in [1.165, 1.54) is 5.56 Å². The minimum absolute atomic E-state index is 0.0868. The predicted octanol–water partition coefficient (Wildman–Crippen LogP) is 1.69. The number of hydrogen-bond donors (Lipinski definition) is 1. The van der Waals surface area contributed by atoms with Crippen molar-refractivity contribution in [2.45, 2.75) is 6.54 Å². The summed E-state index contributed by atoms with van der Waals surface area (Å²) in [5.74, 6) is 0.0868. The maximum Gasteiger partial charge on any atom is 0.241 e. The zero-order valence-electron chi connectivity index (χ0n) is 11.3. The molecule has 0 heterocycles. The van der Waals surface area contributed by atoms with Crippen molar-refractivity contribution in [2.75, 3.05) is 39.6 Å². The van der Waals surface area contributed by atoms with Crippen LogP contribution in [0.5, 0.6) is 0 Å². The SMILES string of the molecule is CNCc1ccc(N(C)CC(=O)N(C)C)c(Br)c1. The van der Waals surface area contributed by atoms with E-state index in [1.54, 1.807) is 19.0 Å². The van der Waals surface area contributed by atoms with Crippen LogP contribution in [-0.4, -0.2) is 45.5 Å². The molecule has 1 aromatic rings. The number of hydrogen-bond acceptors (Lipinski definition) is 3. The quantitative estimate of drug-likeness (QED) is 0.898. The topological polar surface area (TPSA) is 35.6 Å². The lowest BCUT2D eigenvalue weighted by Gasteiger charge is -2.22. The van der Waals surface area contributed by atoms with Gasteiger partial charge in [-0.25, -0.2) is 0 Å². The number of likely N-dealkylation sites (N-methyl/N-ethyl adjacent to an activating group) is 2. The molecule has 0 saturated carbocycles. The summed E-state index contributed by atoms with van der Waals surface area (Å²) in [6.07, 6.45) is 0. The highest BCUT2D eigenvalue weighted by Gasteiger charge is 2.11. The monoisotopic (exact) mass is 313 g/mol. The maximum absolute atomic E-state index is 11.7. The molecule has 0 bridgehead atoms. The summed E-state index contributed by atoms with van der Waals surface area (Å²) < 4.78 is 1.00. The van der Waals surface area contributed by atoms with Gasteiger partial charge < -0.3 is 15.1 Å². The first-order valence-electron chi connectivity index (χ1n) is 5.80. The lowest BCUT2D eigenvalue weighted by atomic mass is 10.2. The van der Waals surface area contributed by atoms with E-state index in [-0.39, 0.29) is 5.91 Å². The maximum atomic E-state index is 11.7. The van der Waals surface area contributed by atoms with E-state index < -0.39 is 0 Å². The second-order valence-electron chi connectivity index (χ2n) is 4.46. The van der Waals surface area contributed by atoms with E-state index in [0.717, 1.165) is 16.7 Å². The molecule has 18 heavy (non-hydrogen) atoms. The van der Waals surface area contributed by atoms with Crippen LogP contribution in [0.4, 0.5) is 5.69 Å². The molecule has 0 aliphatic heterocycles. The fourth-order valence-electron chi connectivity index (χ4n) is 1.60. The van der Waals surface area contributed by atoms with Crippen molar-refractivity contribution in [2.24, 2.45) is 0 Å². The molecule has 0 spiro atoms. The van der Waals surface area contributed by atoms with E-state index in [9.17, 15) is 4.79 Å². The number of nitrogens with zero attached hydrogens (tertiary/aromatic N) is 2. The molecule has 0 atom stereocenters. The summed E-state index contributed by atoms with van der Waals surface area (Å²) in [6, 6.07) is 6.16. The molecule has 1 rings (SSSR count). The fraction of sp³-hybridized carbons (Fsp3) is 0.462. The van der Waals surface area contributed by atoms with Crippen LogP contribution in [-0.2, 0) is 11.3 Å². The molecule has 4 nitrogen and oxygen atoms in total. The Bertz CT molecular complexity index is 421. The third kappa shape index (κ3) is 3.99. The highest BCUT2D eigenvalue weighted by molar-refractivity contribution is 9.10. The van der Waals surface area contributed by atoms with Crippen LogP contribution in [0.2, 0.25) is 0 Å². The number of halogens is 1. The molecule has 0 unspecified atom stereocenters. The summed E-state index contributed by atoms with van der Waals surface area (Å²) >= 11 is 3.55. The number of benzene rings is 1. The Morgan fingerprint density at radius 1 is 1.33 bits per heavy atom. The zero-order chi connectivity index (χ0) is 13.7. The van der Waals surface area contributed by atoms with Gasteiger partial charge in [-0.1, -0.05) is 6.07 Å². The van der Waals surface area contributed by atoms with Crippen LogP contribution in [0, 0.1) is 0 Å². The van der Waals surface area contributed by atoms with Crippen LogP contribution in [0.25, 0.3) is 0 Å². The molecule has 0 aliphatic carbocycles. The zero-order valence-corrected chi connectivity index (χ0v) is 12.9. The molecule has 0 radical (unpaired) electrons. The van der Waals surface area contributed by atoms with Crippen LogP contribution in [0.1, 0.15) is 5.56 Å². The first kappa shape index (κ1) is 15.0. The van der Waals surface area contributed by atoms with Gasteiger partial charge in [0.05, 0.1) is 12.2 Å². The third-order valence-electron chi connectivity index (χ3n) is 2.68. The molecule has 0 aliphatic rings. The van der Waals surface area contributed by atoms with Gasteiger partial charge >= 0.3 is 0 Å². The second-order valence-corrected chi connectivity index (χ2v) is 5.31. The molecule has 5 heteroatoms. The third-order valence-corrected chi connectivity index (χ3v) is 3.31. The molecule has 1 N–H and O–H groups in total. The number of rotatable bonds is 5. The minimum Gasteiger partial charge on any atom is -0.364 e. The second kappa shape index (κ2) is 6.75. The minimum atomic E-state index is 0.0868. The van der Waals surface area contributed by atoms with Gasteiger partial charge in [0.15, 0.2) is 0 Å². The molecular weight excluding hydrogens is 294 g/mol. The van der Waals surface area contributed by atoms with E-state index >= 15 is 0 Å². The van der Waals surface area contributed by atoms with Gasteiger partial charge in [-0.15, -0.1) is 0 Å². The van der Waals surface area contributed by atoms with Crippen molar-refractivity contribution < 1.29 is 4.79 Å². The van der Waals surface area contributed by atoms with Crippen molar-refractivity contribution in [1.82, 2.24) is 10.2 Å². The highest BCUT2D eigenvalue weighted by atomic mass is 79.9. The summed E-state index contributed by atoms with van der Waals surface area (Å²) in [7, 11) is 7.37. The number of anilines is 1. The first-order valence-corrected chi connectivity index (χ1v) is 6.59. The molecule has 1 aromatic carbocycles. The number of carbonyl (C=O) groups excluding carboxylic acids is 1. The molecular formula is C13H20BrN3O. The van der Waals surface area contributed by atoms with Crippen LogP contribution in [0.15, 0.2) is 22.7 Å². The van der Waals surface area contributed by atoms with Crippen molar-refractivity contribution in [3.8, 4) is 0 Å². The van der Waals surface area contributed by atoms with Crippen molar-refractivity contribution in [1.29, 1.82) is 0 Å². The van der Waals surface area contributed by atoms with Gasteiger partial charge in [0, 0.05) is 32.2 Å². The lowest BCUT2D eigenvalue weighted by molar-refractivity contribution is -0.127. The highest BCUT2D eigenvalue weighted by Crippen LogP contribution is 2.26. The Labute approximate surface area is 117 Å². The Morgan fingerprint density at radius 2 is 2.00 bits per heavy atom. The number of carbonyl (C=O) groups is 1. The van der Waals surface area contributed by atoms with Crippen LogP contribution < -0.4 is 10.2 Å². The van der Waals surface area contributed by atoms with Gasteiger partial charge in [-0.05, 0) is 40.7 Å². The molecule has 100 valence electrons. The molecule has 0 saturated heterocycles. The predicted molar refractivity (Wildman–Crippen MR) is 78.9 cm³/mol. The van der Waals surface area contributed by atoms with Gasteiger partial charge in [-0.3, -0.25) is 4.79 Å². The smallest absolute Gasteiger partial charge is 0.241 e. The standard InChI is InChI=1S/C13H20BrN3O/c1-15-8-10-5-6-12(11(14)7-10)17(4)9-13(18)16(2)3/h5-7,15H,8-9H2,1-4H3. The van der Waals surface area contributed by atoms with Crippen molar-refractivity contribution in [3.05, 3.63) is 28.2 Å². The van der Waals surface area contributed by atoms with E-state index in [4.69, 9.17) is 0 Å². The number of nitrogens with one attached hydrogen (secondary N) is 1. The Morgan fingerprint density at radius 3 is 2.50 bits per heavy atom. The average Bonchev–Trinajstić information content (AvgIpc) is 2.29. The Balaban J connectivity index is 2.80. The van der Waals surface area contributed by atoms with Gasteiger partial charge in [0.2, 0.25) is 5.91 Å². The van der Waals surface area contributed by atoms with Crippen LogP contribution >= 0.6 is 15.9 Å². The Hall–Kier alpha value is -1.07. The summed E-state index contributed by atoms with van der Waals surface area (Å²) in [5.41, 5.74) is 2.23. The van der Waals surface area contributed by atoms with Gasteiger partial charge in [0.1, 0.15) is 0 Å². The first-order chi connectivity index (χ1) is 8.45. The van der Waals surface area contributed by atoms with Crippen molar-refractivity contribution >= 4 is 27.5 Å². The summed E-state index contributed by atoms with van der Waals surface area (Å²) in [6.45, 7) is 1.20. The molecule has 1 amide bonds. The number of amides is 1.